The molecule has 0 aromatic rings. The van der Waals surface area contributed by atoms with Crippen molar-refractivity contribution in [1.82, 2.24) is 5.32 Å². The number of ether oxygens (including phenoxy) is 1. The van der Waals surface area contributed by atoms with Crippen molar-refractivity contribution in [2.45, 2.75) is 463 Å². The fraction of sp³-hybridized carbons (Fsp3) is 0.902. The Morgan fingerprint density at radius 1 is 0.318 bits per heavy atom. The van der Waals surface area contributed by atoms with Crippen molar-refractivity contribution in [2.75, 3.05) is 13.2 Å². The third-order valence-corrected chi connectivity index (χ3v) is 18.9. The highest BCUT2D eigenvalue weighted by atomic mass is 16.5. The van der Waals surface area contributed by atoms with Gasteiger partial charge in [0.15, 0.2) is 0 Å². The van der Waals surface area contributed by atoms with Crippen LogP contribution < -0.4 is 5.32 Å². The molecular weight excluding hydrogens is 1080 g/mol. The van der Waals surface area contributed by atoms with Crippen LogP contribution in [0.5, 0.6) is 0 Å². The second kappa shape index (κ2) is 77.5. The first kappa shape index (κ1) is 86.1. The molecule has 2 unspecified atom stereocenters. The second-order valence-electron chi connectivity index (χ2n) is 27.8. The van der Waals surface area contributed by atoms with Crippen molar-refractivity contribution >= 4 is 11.9 Å². The summed E-state index contributed by atoms with van der Waals surface area (Å²) >= 11 is 0. The van der Waals surface area contributed by atoms with Gasteiger partial charge in [0.1, 0.15) is 0 Å². The van der Waals surface area contributed by atoms with E-state index >= 15 is 0 Å². The lowest BCUT2D eigenvalue weighted by atomic mass is 10.0. The van der Waals surface area contributed by atoms with Crippen LogP contribution in [-0.4, -0.2) is 47.4 Å². The summed E-state index contributed by atoms with van der Waals surface area (Å²) in [5.41, 5.74) is 0. The van der Waals surface area contributed by atoms with E-state index < -0.39 is 12.1 Å². The van der Waals surface area contributed by atoms with E-state index in [1.54, 1.807) is 6.08 Å². The Labute approximate surface area is 551 Å². The number of amides is 1. The van der Waals surface area contributed by atoms with E-state index in [1.807, 2.05) is 6.08 Å². The standard InChI is InChI=1S/C82H157NO5/c1-3-5-7-9-11-13-15-17-19-21-23-39-42-46-50-54-58-62-66-70-74-80(85)79(78-84)83-81(86)75-71-67-63-59-55-51-47-43-40-36-34-32-30-28-26-24-25-27-29-31-33-35-37-41-45-49-53-57-61-65-69-73-77-88-82(87)76-72-68-64-60-56-52-48-44-38-22-20-18-16-14-12-10-8-6-4-2/h12,14,18,20,70,74,79-80,84-85H,3-11,13,15-17,19,21-69,71-73,75-78H2,1-2H3,(H,83,86)/b14-12-,20-18-,74-70+. The van der Waals surface area contributed by atoms with Crippen molar-refractivity contribution in [3.8, 4) is 0 Å². The number of nitrogens with one attached hydrogen (secondary N) is 1. The van der Waals surface area contributed by atoms with Crippen LogP contribution in [0, 0.1) is 0 Å². The summed E-state index contributed by atoms with van der Waals surface area (Å²) in [6, 6.07) is -0.625. The third kappa shape index (κ3) is 73.1. The Bertz CT molecular complexity index is 1430. The Morgan fingerprint density at radius 2 is 0.568 bits per heavy atom. The third-order valence-electron chi connectivity index (χ3n) is 18.9. The topological polar surface area (TPSA) is 95.9 Å². The van der Waals surface area contributed by atoms with Crippen LogP contribution in [-0.2, 0) is 14.3 Å². The summed E-state index contributed by atoms with van der Waals surface area (Å²) in [6.45, 7) is 4.93. The molecule has 0 heterocycles. The van der Waals surface area contributed by atoms with Crippen molar-refractivity contribution in [3.05, 3.63) is 36.5 Å². The lowest BCUT2D eigenvalue weighted by Crippen LogP contribution is -2.45. The van der Waals surface area contributed by atoms with E-state index in [0.29, 0.717) is 19.4 Å². The number of esters is 1. The number of hydrogen-bond acceptors (Lipinski definition) is 5. The van der Waals surface area contributed by atoms with E-state index in [9.17, 15) is 19.8 Å². The maximum atomic E-state index is 12.5. The first-order valence-electron chi connectivity index (χ1n) is 40.3. The summed E-state index contributed by atoms with van der Waals surface area (Å²) in [4.78, 5) is 24.7. The zero-order valence-corrected chi connectivity index (χ0v) is 59.7. The molecule has 6 nitrogen and oxygen atoms in total. The van der Waals surface area contributed by atoms with E-state index in [-0.39, 0.29) is 18.5 Å². The quantitative estimate of drug-likeness (QED) is 0.0320. The van der Waals surface area contributed by atoms with E-state index in [0.717, 1.165) is 51.4 Å². The molecule has 0 bridgehead atoms. The van der Waals surface area contributed by atoms with Gasteiger partial charge in [0.05, 0.1) is 25.4 Å². The Kier molecular flexibility index (Phi) is 75.8. The van der Waals surface area contributed by atoms with Crippen LogP contribution in [0.15, 0.2) is 36.5 Å². The SMILES string of the molecule is CCCCC/C=C\C/C=C\CCCCCCCCCCCC(=O)OCCCCCCCCCCCCCCCCCCCCCCCCCCCCCCCCCCC(=O)NC(CO)C(O)/C=C/CCCCCCCCCCCCCCCCCCCC. The minimum Gasteiger partial charge on any atom is -0.466 e. The van der Waals surface area contributed by atoms with Crippen LogP contribution in [0.3, 0.4) is 0 Å². The van der Waals surface area contributed by atoms with Crippen LogP contribution in [0.4, 0.5) is 0 Å². The monoisotopic (exact) mass is 1240 g/mol. The van der Waals surface area contributed by atoms with Crippen molar-refractivity contribution < 1.29 is 24.5 Å². The van der Waals surface area contributed by atoms with Gasteiger partial charge in [-0.05, 0) is 64.2 Å². The highest BCUT2D eigenvalue weighted by Gasteiger charge is 2.18. The van der Waals surface area contributed by atoms with Crippen LogP contribution in [0.1, 0.15) is 450 Å². The average Bonchev–Trinajstić information content (AvgIpc) is 3.58. The van der Waals surface area contributed by atoms with Gasteiger partial charge in [-0.2, -0.15) is 0 Å². The number of carbonyl (C=O) groups excluding carboxylic acids is 2. The minimum atomic E-state index is -0.842. The van der Waals surface area contributed by atoms with E-state index in [2.05, 4.69) is 43.5 Å². The molecule has 1 amide bonds. The number of unbranched alkanes of at least 4 members (excludes halogenated alkanes) is 61. The van der Waals surface area contributed by atoms with E-state index in [4.69, 9.17) is 4.74 Å². The minimum absolute atomic E-state index is 0.0180. The molecular formula is C82H157NO5. The van der Waals surface area contributed by atoms with Crippen LogP contribution in [0.2, 0.25) is 0 Å². The molecule has 0 aliphatic rings. The molecule has 0 aliphatic heterocycles. The highest BCUT2D eigenvalue weighted by molar-refractivity contribution is 5.76. The Hall–Kier alpha value is -1.92. The molecule has 0 saturated heterocycles. The Morgan fingerprint density at radius 3 is 0.886 bits per heavy atom. The lowest BCUT2D eigenvalue weighted by Gasteiger charge is -2.20. The van der Waals surface area contributed by atoms with Crippen molar-refractivity contribution in [2.24, 2.45) is 0 Å². The number of carbonyl (C=O) groups is 2. The highest BCUT2D eigenvalue weighted by Crippen LogP contribution is 2.20. The largest absolute Gasteiger partial charge is 0.466 e. The lowest BCUT2D eigenvalue weighted by molar-refractivity contribution is -0.143. The van der Waals surface area contributed by atoms with Crippen molar-refractivity contribution in [1.29, 1.82) is 0 Å². The first-order chi connectivity index (χ1) is 43.5. The second-order valence-corrected chi connectivity index (χ2v) is 27.8. The number of rotatable bonds is 76. The summed E-state index contributed by atoms with van der Waals surface area (Å²) < 4.78 is 5.52. The van der Waals surface area contributed by atoms with Gasteiger partial charge >= 0.3 is 5.97 Å². The fourth-order valence-electron chi connectivity index (χ4n) is 12.8. The molecule has 0 spiro atoms. The van der Waals surface area contributed by atoms with Crippen LogP contribution >= 0.6 is 0 Å². The maximum Gasteiger partial charge on any atom is 0.305 e. The normalized spacial score (nSPS) is 12.6. The molecule has 2 atom stereocenters. The molecule has 0 rings (SSSR count). The van der Waals surface area contributed by atoms with Crippen LogP contribution in [0.25, 0.3) is 0 Å². The zero-order valence-electron chi connectivity index (χ0n) is 59.7. The maximum absolute atomic E-state index is 12.5. The Balaban J connectivity index is 3.34. The zero-order chi connectivity index (χ0) is 63.5. The summed E-state index contributed by atoms with van der Waals surface area (Å²) in [5, 5.41) is 23.3. The average molecular weight is 1240 g/mol. The van der Waals surface area contributed by atoms with Gasteiger partial charge in [0, 0.05) is 12.8 Å². The molecule has 3 N–H and O–H groups in total. The summed E-state index contributed by atoms with van der Waals surface area (Å²) in [7, 11) is 0. The van der Waals surface area contributed by atoms with Gasteiger partial charge in [-0.25, -0.2) is 0 Å². The molecule has 520 valence electrons. The predicted molar refractivity (Wildman–Crippen MR) is 389 cm³/mol. The van der Waals surface area contributed by atoms with Gasteiger partial charge in [0.25, 0.3) is 0 Å². The number of hydrogen-bond donors (Lipinski definition) is 3. The van der Waals surface area contributed by atoms with Gasteiger partial charge in [-0.3, -0.25) is 9.59 Å². The first-order valence-corrected chi connectivity index (χ1v) is 40.3. The molecule has 88 heavy (non-hydrogen) atoms. The van der Waals surface area contributed by atoms with Gasteiger partial charge < -0.3 is 20.3 Å². The molecule has 0 aromatic carbocycles. The number of aliphatic hydroxyl groups is 2. The molecule has 0 aliphatic carbocycles. The smallest absolute Gasteiger partial charge is 0.305 e. The van der Waals surface area contributed by atoms with Gasteiger partial charge in [-0.1, -0.05) is 410 Å². The predicted octanol–water partition coefficient (Wildman–Crippen LogP) is 26.6. The summed E-state index contributed by atoms with van der Waals surface area (Å²) in [6.07, 6.45) is 101. The number of aliphatic hydroxyl groups excluding tert-OH is 2. The van der Waals surface area contributed by atoms with Gasteiger partial charge in [-0.15, -0.1) is 0 Å². The summed E-state index contributed by atoms with van der Waals surface area (Å²) in [5.74, 6) is -0.0411. The molecule has 0 fully saturated rings. The van der Waals surface area contributed by atoms with Crippen molar-refractivity contribution in [3.63, 3.8) is 0 Å². The van der Waals surface area contributed by atoms with E-state index in [1.165, 1.54) is 372 Å². The number of allylic oxidation sites excluding steroid dienone is 5. The molecule has 6 heteroatoms. The fourth-order valence-corrected chi connectivity index (χ4v) is 12.8. The van der Waals surface area contributed by atoms with Gasteiger partial charge in [0.2, 0.25) is 5.91 Å². The molecule has 0 radical (unpaired) electrons. The molecule has 0 saturated carbocycles. The molecule has 0 aromatic heterocycles.